The molecule has 0 spiro atoms. The van der Waals surface area contributed by atoms with Crippen molar-refractivity contribution in [3.8, 4) is 0 Å². The summed E-state index contributed by atoms with van der Waals surface area (Å²) in [4.78, 5) is 24.8. The molecule has 6 heteroatoms. The smallest absolute Gasteiger partial charge is 0.216 e. The standard InChI is InChI=1S/C11H14N2O4/c1-7(15)12-5-10(16)11(17)8-2-3-9(6-14)13-4-8/h2-4,6,10-11,16-17H,5H2,1H3,(H,12,15). The van der Waals surface area contributed by atoms with Crippen molar-refractivity contribution in [2.24, 2.45) is 0 Å². The molecule has 1 aromatic heterocycles. The maximum absolute atomic E-state index is 10.6. The Morgan fingerprint density at radius 1 is 1.53 bits per heavy atom. The van der Waals surface area contributed by atoms with E-state index in [9.17, 15) is 19.8 Å². The second kappa shape index (κ2) is 6.07. The third-order valence-corrected chi connectivity index (χ3v) is 2.20. The molecule has 0 fully saturated rings. The normalized spacial score (nSPS) is 13.8. The first-order valence-electron chi connectivity index (χ1n) is 5.06. The van der Waals surface area contributed by atoms with E-state index in [4.69, 9.17) is 0 Å². The van der Waals surface area contributed by atoms with Gasteiger partial charge >= 0.3 is 0 Å². The van der Waals surface area contributed by atoms with Crippen LogP contribution in [-0.2, 0) is 4.79 Å². The van der Waals surface area contributed by atoms with Crippen LogP contribution in [0.25, 0.3) is 0 Å². The van der Waals surface area contributed by atoms with Gasteiger partial charge in [0.2, 0.25) is 5.91 Å². The van der Waals surface area contributed by atoms with Gasteiger partial charge < -0.3 is 15.5 Å². The van der Waals surface area contributed by atoms with Crippen LogP contribution in [-0.4, -0.2) is 40.0 Å². The van der Waals surface area contributed by atoms with Crippen molar-refractivity contribution < 1.29 is 19.8 Å². The number of aliphatic hydroxyl groups is 2. The highest BCUT2D eigenvalue weighted by atomic mass is 16.3. The molecular formula is C11H14N2O4. The van der Waals surface area contributed by atoms with E-state index in [1.54, 1.807) is 0 Å². The van der Waals surface area contributed by atoms with Gasteiger partial charge in [-0.2, -0.15) is 0 Å². The summed E-state index contributed by atoms with van der Waals surface area (Å²) in [6, 6.07) is 2.94. The molecule has 92 valence electrons. The molecule has 3 N–H and O–H groups in total. The number of hydrogen-bond acceptors (Lipinski definition) is 5. The first-order chi connectivity index (χ1) is 8.04. The number of aromatic nitrogens is 1. The Kier molecular flexibility index (Phi) is 4.74. The van der Waals surface area contributed by atoms with Gasteiger partial charge in [-0.1, -0.05) is 6.07 Å². The number of amides is 1. The highest BCUT2D eigenvalue weighted by Crippen LogP contribution is 2.15. The van der Waals surface area contributed by atoms with Gasteiger partial charge in [0, 0.05) is 25.2 Å². The molecular weight excluding hydrogens is 224 g/mol. The highest BCUT2D eigenvalue weighted by molar-refractivity contribution is 5.72. The molecule has 17 heavy (non-hydrogen) atoms. The molecule has 6 nitrogen and oxygen atoms in total. The Labute approximate surface area is 98.3 Å². The first kappa shape index (κ1) is 13.3. The molecule has 0 aromatic carbocycles. The topological polar surface area (TPSA) is 99.5 Å². The lowest BCUT2D eigenvalue weighted by molar-refractivity contribution is -0.119. The monoisotopic (exact) mass is 238 g/mol. The van der Waals surface area contributed by atoms with Gasteiger partial charge in [-0.3, -0.25) is 14.6 Å². The van der Waals surface area contributed by atoms with Crippen molar-refractivity contribution in [1.82, 2.24) is 10.3 Å². The summed E-state index contributed by atoms with van der Waals surface area (Å²) in [5.41, 5.74) is 0.630. The number of nitrogens with zero attached hydrogens (tertiary/aromatic N) is 1. The van der Waals surface area contributed by atoms with Crippen LogP contribution < -0.4 is 5.32 Å². The highest BCUT2D eigenvalue weighted by Gasteiger charge is 2.18. The molecule has 0 aliphatic carbocycles. The average Bonchev–Trinajstić information content (AvgIpc) is 2.35. The van der Waals surface area contributed by atoms with Crippen LogP contribution in [0.3, 0.4) is 0 Å². The Hall–Kier alpha value is -1.79. The SMILES string of the molecule is CC(=O)NCC(O)C(O)c1ccc(C=O)nc1. The van der Waals surface area contributed by atoms with Gasteiger partial charge in [0.15, 0.2) is 6.29 Å². The first-order valence-corrected chi connectivity index (χ1v) is 5.06. The second-order valence-corrected chi connectivity index (χ2v) is 3.58. The van der Waals surface area contributed by atoms with Gasteiger partial charge in [0.1, 0.15) is 17.9 Å². The zero-order valence-electron chi connectivity index (χ0n) is 9.33. The second-order valence-electron chi connectivity index (χ2n) is 3.58. The Morgan fingerprint density at radius 3 is 2.71 bits per heavy atom. The van der Waals surface area contributed by atoms with Crippen LogP contribution in [0.4, 0.5) is 0 Å². The molecule has 1 amide bonds. The van der Waals surface area contributed by atoms with Crippen molar-refractivity contribution >= 4 is 12.2 Å². The molecule has 1 heterocycles. The van der Waals surface area contributed by atoms with E-state index in [1.165, 1.54) is 25.3 Å². The fraction of sp³-hybridized carbons (Fsp3) is 0.364. The summed E-state index contributed by atoms with van der Waals surface area (Å²) in [5.74, 6) is -0.286. The number of nitrogens with one attached hydrogen (secondary N) is 1. The number of rotatable bonds is 5. The fourth-order valence-corrected chi connectivity index (χ4v) is 1.24. The summed E-state index contributed by atoms with van der Waals surface area (Å²) < 4.78 is 0. The van der Waals surface area contributed by atoms with Crippen LogP contribution in [0.5, 0.6) is 0 Å². The molecule has 2 atom stereocenters. The van der Waals surface area contributed by atoms with E-state index in [2.05, 4.69) is 10.3 Å². The van der Waals surface area contributed by atoms with Crippen LogP contribution >= 0.6 is 0 Å². The largest absolute Gasteiger partial charge is 0.388 e. The number of carbonyl (C=O) groups is 2. The van der Waals surface area contributed by atoms with Gasteiger partial charge in [-0.25, -0.2) is 0 Å². The lowest BCUT2D eigenvalue weighted by Gasteiger charge is -2.17. The van der Waals surface area contributed by atoms with Crippen molar-refractivity contribution in [2.75, 3.05) is 6.54 Å². The lowest BCUT2D eigenvalue weighted by atomic mass is 10.1. The fourth-order valence-electron chi connectivity index (χ4n) is 1.24. The molecule has 0 saturated carbocycles. The Morgan fingerprint density at radius 2 is 2.24 bits per heavy atom. The van der Waals surface area contributed by atoms with Gasteiger partial charge in [0.25, 0.3) is 0 Å². The Balaban J connectivity index is 2.63. The van der Waals surface area contributed by atoms with E-state index in [0.717, 1.165) is 0 Å². The number of hydrogen-bond donors (Lipinski definition) is 3. The third kappa shape index (κ3) is 3.93. The minimum atomic E-state index is -1.16. The summed E-state index contributed by atoms with van der Waals surface area (Å²) in [6.45, 7) is 1.27. The number of aldehydes is 1. The molecule has 1 aromatic rings. The van der Waals surface area contributed by atoms with Crippen molar-refractivity contribution in [2.45, 2.75) is 19.1 Å². The van der Waals surface area contributed by atoms with Crippen molar-refractivity contribution in [1.29, 1.82) is 0 Å². The molecule has 0 radical (unpaired) electrons. The minimum absolute atomic E-state index is 0.0497. The van der Waals surface area contributed by atoms with E-state index >= 15 is 0 Å². The van der Waals surface area contributed by atoms with E-state index < -0.39 is 12.2 Å². The maximum Gasteiger partial charge on any atom is 0.216 e. The van der Waals surface area contributed by atoms with Crippen molar-refractivity contribution in [3.05, 3.63) is 29.6 Å². The number of carbonyl (C=O) groups excluding carboxylic acids is 2. The average molecular weight is 238 g/mol. The van der Waals surface area contributed by atoms with Gasteiger partial charge in [-0.05, 0) is 6.07 Å². The molecule has 1 rings (SSSR count). The van der Waals surface area contributed by atoms with Gasteiger partial charge in [-0.15, -0.1) is 0 Å². The summed E-state index contributed by atoms with van der Waals surface area (Å²) in [5, 5.41) is 21.7. The van der Waals surface area contributed by atoms with Crippen LogP contribution in [0.15, 0.2) is 18.3 Å². The van der Waals surface area contributed by atoms with Gasteiger partial charge in [0.05, 0.1) is 0 Å². The molecule has 0 saturated heterocycles. The maximum atomic E-state index is 10.6. The molecule has 2 unspecified atom stereocenters. The molecule has 0 aliphatic heterocycles. The molecule has 0 aliphatic rings. The van der Waals surface area contributed by atoms with E-state index in [0.29, 0.717) is 11.8 Å². The quantitative estimate of drug-likeness (QED) is 0.596. The van der Waals surface area contributed by atoms with Crippen LogP contribution in [0, 0.1) is 0 Å². The summed E-state index contributed by atoms with van der Waals surface area (Å²) in [6.07, 6.45) is -0.382. The minimum Gasteiger partial charge on any atom is -0.388 e. The number of aliphatic hydroxyl groups excluding tert-OH is 2. The zero-order valence-corrected chi connectivity index (χ0v) is 9.33. The van der Waals surface area contributed by atoms with Crippen LogP contribution in [0.2, 0.25) is 0 Å². The summed E-state index contributed by atoms with van der Waals surface area (Å²) in [7, 11) is 0. The number of pyridine rings is 1. The predicted molar refractivity (Wildman–Crippen MR) is 59.3 cm³/mol. The zero-order chi connectivity index (χ0) is 12.8. The predicted octanol–water partition coefficient (Wildman–Crippen LogP) is -0.576. The van der Waals surface area contributed by atoms with Crippen LogP contribution in [0.1, 0.15) is 29.1 Å². The van der Waals surface area contributed by atoms with Crippen molar-refractivity contribution in [3.63, 3.8) is 0 Å². The Bertz CT molecular complexity index is 391. The molecule has 0 bridgehead atoms. The van der Waals surface area contributed by atoms with E-state index in [-0.39, 0.29) is 18.1 Å². The third-order valence-electron chi connectivity index (χ3n) is 2.20. The lowest BCUT2D eigenvalue weighted by Crippen LogP contribution is -2.34. The van der Waals surface area contributed by atoms with E-state index in [1.807, 2.05) is 0 Å². The summed E-state index contributed by atoms with van der Waals surface area (Å²) >= 11 is 0.